The van der Waals surface area contributed by atoms with Crippen molar-refractivity contribution in [1.82, 2.24) is 0 Å². The molecule has 2 nitrogen and oxygen atoms in total. The van der Waals surface area contributed by atoms with Crippen LogP contribution >= 0.6 is 15.9 Å². The molecule has 0 fully saturated rings. The third-order valence-electron chi connectivity index (χ3n) is 2.46. The zero-order chi connectivity index (χ0) is 14.9. The van der Waals surface area contributed by atoms with Crippen molar-refractivity contribution in [2.24, 2.45) is 0 Å². The normalized spacial score (nSPS) is 10.4. The van der Waals surface area contributed by atoms with Gasteiger partial charge in [-0.1, -0.05) is 0 Å². The van der Waals surface area contributed by atoms with E-state index in [-0.39, 0.29) is 5.69 Å². The average molecular weight is 348 g/mol. The lowest BCUT2D eigenvalue weighted by atomic mass is 10.1. The van der Waals surface area contributed by atoms with E-state index in [1.807, 2.05) is 0 Å². The van der Waals surface area contributed by atoms with Crippen LogP contribution in [0.4, 0.5) is 23.2 Å². The van der Waals surface area contributed by atoms with Gasteiger partial charge < -0.3 is 5.32 Å². The highest BCUT2D eigenvalue weighted by Gasteiger charge is 2.19. The van der Waals surface area contributed by atoms with Gasteiger partial charge >= 0.3 is 0 Å². The first-order chi connectivity index (χ1) is 9.40. The number of carbonyl (C=O) groups is 1. The summed E-state index contributed by atoms with van der Waals surface area (Å²) in [5, 5.41) is 2.20. The number of hydrogen-bond donors (Lipinski definition) is 1. The molecular formula is C13H6BrF4NO. The summed E-state index contributed by atoms with van der Waals surface area (Å²) in [4.78, 5) is 11.8. The second-order valence-electron chi connectivity index (χ2n) is 3.80. The van der Waals surface area contributed by atoms with Crippen molar-refractivity contribution >= 4 is 27.5 Å². The Bertz CT molecular complexity index is 690. The van der Waals surface area contributed by atoms with Crippen molar-refractivity contribution in [3.8, 4) is 0 Å². The first-order valence-corrected chi connectivity index (χ1v) is 6.09. The molecule has 0 heterocycles. The summed E-state index contributed by atoms with van der Waals surface area (Å²) in [6.45, 7) is 0. The van der Waals surface area contributed by atoms with Gasteiger partial charge in [-0.05, 0) is 46.3 Å². The van der Waals surface area contributed by atoms with Crippen LogP contribution in [0.5, 0.6) is 0 Å². The van der Waals surface area contributed by atoms with Gasteiger partial charge in [0.25, 0.3) is 5.91 Å². The van der Waals surface area contributed by atoms with Gasteiger partial charge in [0.2, 0.25) is 0 Å². The summed E-state index contributed by atoms with van der Waals surface area (Å²) in [6, 6.07) is 4.93. The standard InChI is InChI=1S/C13H6BrF4NO/c14-8-3-1-6(15)5-10(8)19-13(20)7-2-4-9(16)12(18)11(7)17/h1-5H,(H,19,20). The van der Waals surface area contributed by atoms with E-state index in [1.54, 1.807) is 0 Å². The quantitative estimate of drug-likeness (QED) is 0.638. The fraction of sp³-hybridized carbons (Fsp3) is 0. The van der Waals surface area contributed by atoms with E-state index in [2.05, 4.69) is 21.2 Å². The molecule has 0 unspecified atom stereocenters. The predicted molar refractivity (Wildman–Crippen MR) is 68.4 cm³/mol. The summed E-state index contributed by atoms with van der Waals surface area (Å²) >= 11 is 3.07. The number of benzene rings is 2. The number of hydrogen-bond acceptors (Lipinski definition) is 1. The Morgan fingerprint density at radius 2 is 1.70 bits per heavy atom. The van der Waals surface area contributed by atoms with Crippen LogP contribution in [0.25, 0.3) is 0 Å². The SMILES string of the molecule is O=C(Nc1cc(F)ccc1Br)c1ccc(F)c(F)c1F. The minimum atomic E-state index is -1.74. The number of carbonyl (C=O) groups excluding carboxylic acids is 1. The largest absolute Gasteiger partial charge is 0.321 e. The molecule has 1 N–H and O–H groups in total. The third-order valence-corrected chi connectivity index (χ3v) is 3.15. The van der Waals surface area contributed by atoms with Crippen LogP contribution in [0.2, 0.25) is 0 Å². The number of nitrogens with one attached hydrogen (secondary N) is 1. The van der Waals surface area contributed by atoms with Crippen LogP contribution in [-0.4, -0.2) is 5.91 Å². The molecule has 0 saturated carbocycles. The third kappa shape index (κ3) is 2.82. The maximum Gasteiger partial charge on any atom is 0.258 e. The Balaban J connectivity index is 2.33. The van der Waals surface area contributed by atoms with Crippen molar-refractivity contribution in [2.45, 2.75) is 0 Å². The van der Waals surface area contributed by atoms with Gasteiger partial charge in [-0.25, -0.2) is 17.6 Å². The molecule has 0 spiro atoms. The molecule has 20 heavy (non-hydrogen) atoms. The molecule has 0 aliphatic carbocycles. The highest BCUT2D eigenvalue weighted by atomic mass is 79.9. The van der Waals surface area contributed by atoms with E-state index < -0.39 is 34.7 Å². The lowest BCUT2D eigenvalue weighted by molar-refractivity contribution is 0.102. The molecule has 2 rings (SSSR count). The van der Waals surface area contributed by atoms with Crippen LogP contribution in [0, 0.1) is 23.3 Å². The van der Waals surface area contributed by atoms with Gasteiger partial charge in [0, 0.05) is 4.47 Å². The van der Waals surface area contributed by atoms with Crippen LogP contribution in [0.1, 0.15) is 10.4 Å². The summed E-state index contributed by atoms with van der Waals surface area (Å²) < 4.78 is 52.6. The Hall–Kier alpha value is -1.89. The van der Waals surface area contributed by atoms with Crippen molar-refractivity contribution < 1.29 is 22.4 Å². The molecule has 0 atom stereocenters. The molecule has 0 aliphatic heterocycles. The Labute approximate surface area is 119 Å². The first kappa shape index (κ1) is 14.5. The highest BCUT2D eigenvalue weighted by molar-refractivity contribution is 9.10. The van der Waals surface area contributed by atoms with Gasteiger partial charge in [0.05, 0.1) is 11.3 Å². The Morgan fingerprint density at radius 3 is 2.40 bits per heavy atom. The smallest absolute Gasteiger partial charge is 0.258 e. The number of anilines is 1. The molecule has 0 saturated heterocycles. The van der Waals surface area contributed by atoms with E-state index in [0.717, 1.165) is 18.2 Å². The van der Waals surface area contributed by atoms with Crippen molar-refractivity contribution in [3.63, 3.8) is 0 Å². The summed E-state index contributed by atoms with van der Waals surface area (Å²) in [6.07, 6.45) is 0. The maximum absolute atomic E-state index is 13.4. The van der Waals surface area contributed by atoms with Crippen LogP contribution in [0.3, 0.4) is 0 Å². The number of halogens is 5. The van der Waals surface area contributed by atoms with E-state index in [9.17, 15) is 22.4 Å². The van der Waals surface area contributed by atoms with E-state index in [0.29, 0.717) is 10.5 Å². The molecule has 2 aromatic carbocycles. The molecule has 7 heteroatoms. The lowest BCUT2D eigenvalue weighted by Crippen LogP contribution is -2.15. The topological polar surface area (TPSA) is 29.1 Å². The molecule has 0 aliphatic rings. The molecule has 104 valence electrons. The molecular weight excluding hydrogens is 342 g/mol. The van der Waals surface area contributed by atoms with E-state index in [4.69, 9.17) is 0 Å². The van der Waals surface area contributed by atoms with Crippen molar-refractivity contribution in [2.75, 3.05) is 5.32 Å². The van der Waals surface area contributed by atoms with E-state index in [1.165, 1.54) is 6.07 Å². The van der Waals surface area contributed by atoms with Crippen LogP contribution in [0.15, 0.2) is 34.8 Å². The monoisotopic (exact) mass is 347 g/mol. The predicted octanol–water partition coefficient (Wildman–Crippen LogP) is 4.26. The zero-order valence-corrected chi connectivity index (χ0v) is 11.3. The first-order valence-electron chi connectivity index (χ1n) is 5.30. The second-order valence-corrected chi connectivity index (χ2v) is 4.66. The van der Waals surface area contributed by atoms with Gasteiger partial charge in [0.15, 0.2) is 17.5 Å². The molecule has 1 amide bonds. The highest BCUT2D eigenvalue weighted by Crippen LogP contribution is 2.24. The van der Waals surface area contributed by atoms with Crippen molar-refractivity contribution in [1.29, 1.82) is 0 Å². The Morgan fingerprint density at radius 1 is 1.00 bits per heavy atom. The van der Waals surface area contributed by atoms with Crippen LogP contribution in [-0.2, 0) is 0 Å². The van der Waals surface area contributed by atoms with Crippen LogP contribution < -0.4 is 5.32 Å². The summed E-state index contributed by atoms with van der Waals surface area (Å²) in [7, 11) is 0. The Kier molecular flexibility index (Phi) is 4.08. The van der Waals surface area contributed by atoms with E-state index >= 15 is 0 Å². The van der Waals surface area contributed by atoms with Crippen molar-refractivity contribution in [3.05, 3.63) is 63.6 Å². The van der Waals surface area contributed by atoms with Gasteiger partial charge in [-0.2, -0.15) is 0 Å². The number of amides is 1. The summed E-state index contributed by atoms with van der Waals surface area (Å²) in [5.74, 6) is -6.38. The number of rotatable bonds is 2. The molecule has 0 bridgehead atoms. The molecule has 0 radical (unpaired) electrons. The van der Waals surface area contributed by atoms with Gasteiger partial charge in [0.1, 0.15) is 5.82 Å². The minimum absolute atomic E-state index is 0.0409. The second kappa shape index (κ2) is 5.62. The maximum atomic E-state index is 13.4. The fourth-order valence-corrected chi connectivity index (χ4v) is 1.83. The summed E-state index contributed by atoms with van der Waals surface area (Å²) in [5.41, 5.74) is -0.640. The molecule has 0 aromatic heterocycles. The van der Waals surface area contributed by atoms with Gasteiger partial charge in [-0.3, -0.25) is 4.79 Å². The average Bonchev–Trinajstić information content (AvgIpc) is 2.40. The molecule has 2 aromatic rings. The fourth-order valence-electron chi connectivity index (χ4n) is 1.48. The zero-order valence-electron chi connectivity index (χ0n) is 9.68. The lowest BCUT2D eigenvalue weighted by Gasteiger charge is -2.08. The minimum Gasteiger partial charge on any atom is -0.321 e. The van der Waals surface area contributed by atoms with Gasteiger partial charge in [-0.15, -0.1) is 0 Å².